The molecule has 3 aliphatic heterocycles. The molecule has 0 spiro atoms. The lowest BCUT2D eigenvalue weighted by Crippen LogP contribution is -2.34. The predicted molar refractivity (Wildman–Crippen MR) is 524 cm³/mol. The molecule has 12 N–H and O–H groups in total. The van der Waals surface area contributed by atoms with E-state index in [1.165, 1.54) is 46.4 Å². The van der Waals surface area contributed by atoms with Crippen LogP contribution in [0.25, 0.3) is 55.2 Å². The Hall–Kier alpha value is -12.9. The number of amides is 1. The zero-order valence-corrected chi connectivity index (χ0v) is 79.9. The lowest BCUT2D eigenvalue weighted by Gasteiger charge is -2.25. The zero-order valence-electron chi connectivity index (χ0n) is 79.2. The number of nitrogens with one attached hydrogen (secondary N) is 2. The normalized spacial score (nSPS) is 26.0. The van der Waals surface area contributed by atoms with Crippen molar-refractivity contribution in [2.45, 2.75) is 228 Å². The molecule has 5 saturated carbocycles. The average Bonchev–Trinajstić information content (AvgIpc) is 1.63. The second-order valence-electron chi connectivity index (χ2n) is 38.1. The summed E-state index contributed by atoms with van der Waals surface area (Å²) in [4.78, 5) is 46.4. The highest BCUT2D eigenvalue weighted by atomic mass is 35.5. The van der Waals surface area contributed by atoms with Crippen LogP contribution < -0.4 is 34.3 Å². The minimum Gasteiger partial charge on any atom is -0.487 e. The van der Waals surface area contributed by atoms with Gasteiger partial charge in [-0.15, -0.1) is 0 Å². The molecule has 0 saturated heterocycles. The van der Waals surface area contributed by atoms with Crippen molar-refractivity contribution in [2.24, 2.45) is 0 Å². The first-order chi connectivity index (χ1) is 68.1. The van der Waals surface area contributed by atoms with Crippen molar-refractivity contribution in [3.8, 4) is 34.8 Å². The van der Waals surface area contributed by atoms with E-state index in [0.29, 0.717) is 54.8 Å². The van der Waals surface area contributed by atoms with Crippen LogP contribution in [0.3, 0.4) is 0 Å². The number of nitrogens with zero attached hydrogens (tertiary/aromatic N) is 15. The number of hydrogen-bond donors (Lipinski definition) is 12. The van der Waals surface area contributed by atoms with Gasteiger partial charge in [-0.1, -0.05) is 48.0 Å². The molecule has 23 rings (SSSR count). The summed E-state index contributed by atoms with van der Waals surface area (Å²) in [6.07, 6.45) is 9.01. The van der Waals surface area contributed by atoms with Crippen molar-refractivity contribution >= 4 is 72.7 Å². The van der Waals surface area contributed by atoms with Crippen molar-refractivity contribution in [1.29, 1.82) is 5.26 Å². The minimum atomic E-state index is -1.19. The van der Waals surface area contributed by atoms with E-state index < -0.39 is 109 Å². The molecule has 141 heavy (non-hydrogen) atoms. The fourth-order valence-corrected chi connectivity index (χ4v) is 21.6. The van der Waals surface area contributed by atoms with Crippen molar-refractivity contribution in [1.82, 2.24) is 78.2 Å². The van der Waals surface area contributed by atoms with Gasteiger partial charge in [-0.05, 0) is 204 Å². The van der Waals surface area contributed by atoms with E-state index in [2.05, 4.69) is 75.7 Å². The van der Waals surface area contributed by atoms with Gasteiger partial charge in [-0.25, -0.2) is 39.3 Å². The third kappa shape index (κ3) is 19.0. The van der Waals surface area contributed by atoms with Gasteiger partial charge in [0.15, 0.2) is 0 Å². The van der Waals surface area contributed by atoms with Gasteiger partial charge in [0.2, 0.25) is 0 Å². The highest BCUT2D eigenvalue weighted by molar-refractivity contribution is 6.31. The van der Waals surface area contributed by atoms with Crippen LogP contribution in [0.2, 0.25) is 5.02 Å². The average molecular weight is 1940 g/mol. The number of ether oxygens (including phenoxy) is 5. The Kier molecular flexibility index (Phi) is 28.2. The molecule has 33 nitrogen and oxygen atoms in total. The molecule has 20 atom stereocenters. The lowest BCUT2D eigenvalue weighted by molar-refractivity contribution is -0.0166. The molecule has 13 heterocycles. The Balaban J connectivity index is 0.000000112. The van der Waals surface area contributed by atoms with Crippen molar-refractivity contribution in [3.63, 3.8) is 0 Å². The summed E-state index contributed by atoms with van der Waals surface area (Å²) in [5.74, 6) is 1.91. The number of rotatable bonds is 16. The summed E-state index contributed by atoms with van der Waals surface area (Å²) in [6, 6.07) is 42.5. The highest BCUT2D eigenvalue weighted by Crippen LogP contribution is 2.46. The molecule has 5 aliphatic carbocycles. The smallest absolute Gasteiger partial charge is 0.257 e. The molecule has 10 aromatic heterocycles. The van der Waals surface area contributed by atoms with E-state index in [0.717, 1.165) is 163 Å². The van der Waals surface area contributed by atoms with Crippen LogP contribution in [0.1, 0.15) is 140 Å². The number of aromatic nitrogens is 12. The first-order valence-corrected chi connectivity index (χ1v) is 48.0. The van der Waals surface area contributed by atoms with E-state index in [-0.39, 0.29) is 41.9 Å². The van der Waals surface area contributed by atoms with Crippen LogP contribution in [0.5, 0.6) is 28.7 Å². The standard InChI is InChI=1S/C22H24ClN3O3.2C22H25N3O3.C21H23FN4O4.C19H18N4O3/c1-12-4-8-25-22-13(12)6-9-26(22)17-10-19(21(28)20(17)27)29-18-3-2-16(23)14-5-7-24-11-15(14)18;1-13-6-8-23-22-15(13)7-9-25(22)17-10-19(21(27)20(17)26)28-18-5-3-4-14-11-24(2)12-16(14)18;1-13-5-9-24-22-15(13)7-10-25(22)17-11-19(21(27)20(17)26)28-18-4-2-3-14-6-8-23-12-16(14)18;1-11-13-6-7-26(20(13)24-10-23-11)15-9-17(19(28)18(15)27)30-16-5-4-12(22)8-14(16)21(29)25(2)3;1-11-13-6-7-23(19(13)22-10-21-11)14-8-16(18(25)17(14)24)26-15-5-3-2-4-12(15)9-20/h2-4,6,8-9,17,19-21,24,27-28H,5,7,10-11H2,1H3;3-9,17,19-21,26-27H,10-12H2,1-2H3;2-5,7,9-10,17,19-21,23,26-27H,6,8,11-12H2,1H3;4-8,10,15,17-19,27-28H,9H2,1-3H3;2-7,10,14,16-18,24-25H,8H2,1H3/t3*17?,19?,20-,21+;15?,17?,18-,19+;/m0000./s1. The number of halogens is 2. The second-order valence-corrected chi connectivity index (χ2v) is 38.5. The summed E-state index contributed by atoms with van der Waals surface area (Å²) >= 11 is 6.36. The molecule has 5 aromatic carbocycles. The maximum Gasteiger partial charge on any atom is 0.257 e. The Labute approximate surface area is 817 Å². The quantitative estimate of drug-likeness (QED) is 0.0427. The Bertz CT molecular complexity index is 7150. The van der Waals surface area contributed by atoms with Crippen molar-refractivity contribution < 1.29 is 83.9 Å². The topological polar surface area (TPSA) is 435 Å². The molecular weight excluding hydrogens is 1820 g/mol. The fourth-order valence-electron chi connectivity index (χ4n) is 21.3. The summed E-state index contributed by atoms with van der Waals surface area (Å²) in [6.45, 7) is 15.0. The monoisotopic (exact) mass is 1940 g/mol. The summed E-state index contributed by atoms with van der Waals surface area (Å²) in [5.41, 5.74) is 16.4. The Morgan fingerprint density at radius 2 is 0.787 bits per heavy atom. The summed E-state index contributed by atoms with van der Waals surface area (Å²) in [7, 11) is 5.20. The number of fused-ring (bicyclic) bond motifs is 8. The van der Waals surface area contributed by atoms with Crippen LogP contribution >= 0.6 is 11.6 Å². The van der Waals surface area contributed by atoms with Crippen LogP contribution in [0, 0.1) is 51.8 Å². The molecule has 5 fully saturated rings. The summed E-state index contributed by atoms with van der Waals surface area (Å²) < 4.78 is 53.8. The van der Waals surface area contributed by atoms with E-state index in [1.54, 1.807) is 67.7 Å². The predicted octanol–water partition coefficient (Wildman–Crippen LogP) is 10.7. The van der Waals surface area contributed by atoms with Crippen LogP contribution in [0.15, 0.2) is 202 Å². The Morgan fingerprint density at radius 3 is 1.23 bits per heavy atom. The van der Waals surface area contributed by atoms with Gasteiger partial charge in [-0.3, -0.25) is 9.69 Å². The number of nitriles is 1. The second kappa shape index (κ2) is 41.0. The number of benzene rings is 5. The number of carbonyl (C=O) groups is 1. The van der Waals surface area contributed by atoms with Gasteiger partial charge in [0.05, 0.1) is 52.7 Å². The fraction of sp³-hybridized carbons (Fsp3) is 0.387. The van der Waals surface area contributed by atoms with E-state index >= 15 is 0 Å². The van der Waals surface area contributed by atoms with Crippen molar-refractivity contribution in [3.05, 3.63) is 285 Å². The number of aliphatic hydroxyl groups is 10. The van der Waals surface area contributed by atoms with Gasteiger partial charge >= 0.3 is 0 Å². The van der Waals surface area contributed by atoms with Gasteiger partial charge < -0.3 is 113 Å². The highest BCUT2D eigenvalue weighted by Gasteiger charge is 2.50. The largest absolute Gasteiger partial charge is 0.487 e. The van der Waals surface area contributed by atoms with Gasteiger partial charge in [0.25, 0.3) is 5.91 Å². The Morgan fingerprint density at radius 1 is 0.411 bits per heavy atom. The maximum atomic E-state index is 13.7. The van der Waals surface area contributed by atoms with Gasteiger partial charge in [-0.2, -0.15) is 5.26 Å². The minimum absolute atomic E-state index is 0.0555. The third-order valence-corrected chi connectivity index (χ3v) is 29.4. The molecule has 0 radical (unpaired) electrons. The number of aliphatic hydroxyl groups excluding tert-OH is 10. The van der Waals surface area contributed by atoms with E-state index in [9.17, 15) is 65.5 Å². The zero-order chi connectivity index (χ0) is 98.6. The molecule has 8 aliphatic rings. The molecule has 12 unspecified atom stereocenters. The molecular formula is C106H115ClFN17O16. The van der Waals surface area contributed by atoms with Crippen molar-refractivity contribution in [2.75, 3.05) is 34.2 Å². The van der Waals surface area contributed by atoms with E-state index in [4.69, 9.17) is 35.3 Å². The van der Waals surface area contributed by atoms with Gasteiger partial charge in [0, 0.05) is 171 Å². The van der Waals surface area contributed by atoms with Crippen LogP contribution in [-0.2, 0) is 39.0 Å². The lowest BCUT2D eigenvalue weighted by atomic mass is 10.00. The molecule has 35 heteroatoms. The third-order valence-electron chi connectivity index (χ3n) is 29.1. The number of hydrogen-bond acceptors (Lipinski definition) is 27. The van der Waals surface area contributed by atoms with Gasteiger partial charge in [0.1, 0.15) is 173 Å². The maximum absolute atomic E-state index is 13.7. The SMILES string of the molecule is Cc1ccnc2c1ccn2C1CC(Oc2ccc(Cl)c3c2CNCC3)[C@@H](O)[C@H]1O.Cc1ccnc2c1ccn2C1CC(Oc2cccc3c2CN(C)C3)[C@@H](O)[C@H]1O.Cc1ccnc2c1ccn2C1CC(Oc2cccc3c2CNCC3)[C@@H](O)[C@H]1O.Cc1ncnc2c1ccn2C1CC(Oc2ccc(F)cc2C(=O)N(C)C)[C@@H](O)[C@H]1O.Cc1ncnc2c1ccn2C1CC(Oc2ccccc2C#N)C(O)C1O. The molecule has 1 amide bonds. The number of aryl methyl sites for hydroxylation is 5. The number of para-hydroxylation sites is 1. The van der Waals surface area contributed by atoms with E-state index in [1.807, 2.05) is 163 Å². The van der Waals surface area contributed by atoms with Crippen LogP contribution in [0.4, 0.5) is 4.39 Å². The molecule has 734 valence electrons. The number of carbonyl (C=O) groups excluding carboxylic acids is 1. The number of pyridine rings is 3. The first-order valence-electron chi connectivity index (χ1n) is 47.7. The summed E-state index contributed by atoms with van der Waals surface area (Å²) in [5, 5.41) is 128. The molecule has 0 bridgehead atoms. The first kappa shape index (κ1) is 96.9. The molecule has 15 aromatic rings. The van der Waals surface area contributed by atoms with Crippen LogP contribution in [-0.4, -0.2) is 250 Å².